The molecular weight excluding hydrogens is 476 g/mol. The van der Waals surface area contributed by atoms with Crippen LogP contribution >= 0.6 is 0 Å². The van der Waals surface area contributed by atoms with Crippen molar-refractivity contribution >= 4 is 16.9 Å². The van der Waals surface area contributed by atoms with Crippen LogP contribution in [0.2, 0.25) is 0 Å². The summed E-state index contributed by atoms with van der Waals surface area (Å²) in [5.41, 5.74) is 8.16. The molecule has 0 bridgehead atoms. The van der Waals surface area contributed by atoms with Crippen molar-refractivity contribution in [3.8, 4) is 22.4 Å². The Morgan fingerprint density at radius 2 is 1.95 bits per heavy atom. The Morgan fingerprint density at radius 3 is 2.74 bits per heavy atom. The molecule has 0 unspecified atom stereocenters. The van der Waals surface area contributed by atoms with E-state index in [-0.39, 0.29) is 6.04 Å². The fourth-order valence-corrected chi connectivity index (χ4v) is 5.58. The van der Waals surface area contributed by atoms with Crippen molar-refractivity contribution in [2.75, 3.05) is 18.4 Å². The van der Waals surface area contributed by atoms with Gasteiger partial charge in [-0.15, -0.1) is 0 Å². The van der Waals surface area contributed by atoms with Crippen molar-refractivity contribution in [1.82, 2.24) is 25.0 Å². The maximum absolute atomic E-state index is 10.6. The number of anilines is 1. The molecule has 38 heavy (non-hydrogen) atoms. The maximum Gasteiger partial charge on any atom is 0.223 e. The highest BCUT2D eigenvalue weighted by atomic mass is 16.5. The van der Waals surface area contributed by atoms with E-state index in [0.717, 1.165) is 63.4 Å². The first kappa shape index (κ1) is 24.3. The summed E-state index contributed by atoms with van der Waals surface area (Å²) >= 11 is 0. The van der Waals surface area contributed by atoms with Gasteiger partial charge >= 0.3 is 0 Å². The molecule has 2 atom stereocenters. The first-order valence-corrected chi connectivity index (χ1v) is 13.0. The number of benzene rings is 2. The lowest BCUT2D eigenvalue weighted by molar-refractivity contribution is 0.0602. The Hall–Kier alpha value is -4.01. The van der Waals surface area contributed by atoms with Crippen LogP contribution in [0.3, 0.4) is 0 Å². The highest BCUT2D eigenvalue weighted by molar-refractivity contribution is 5.97. The van der Waals surface area contributed by atoms with Crippen LogP contribution in [0.1, 0.15) is 29.0 Å². The number of likely N-dealkylation sites (tertiary alicyclic amines) is 1. The molecule has 8 heteroatoms. The first-order valence-electron chi connectivity index (χ1n) is 13.0. The summed E-state index contributed by atoms with van der Waals surface area (Å²) in [4.78, 5) is 15.2. The zero-order valence-corrected chi connectivity index (χ0v) is 21.9. The Balaban J connectivity index is 1.24. The third-order valence-electron chi connectivity index (χ3n) is 7.32. The molecule has 0 saturated carbocycles. The zero-order chi connectivity index (χ0) is 26.2. The molecule has 3 N–H and O–H groups in total. The molecule has 0 amide bonds. The third-order valence-corrected chi connectivity index (χ3v) is 7.32. The number of rotatable bonds is 6. The second-order valence-electron chi connectivity index (χ2n) is 10.3. The molecule has 0 aliphatic carbocycles. The molecule has 6 rings (SSSR count). The number of H-pyrrole nitrogens is 1. The Labute approximate surface area is 221 Å². The molecule has 8 nitrogen and oxygen atoms in total. The van der Waals surface area contributed by atoms with E-state index in [0.29, 0.717) is 18.9 Å². The minimum absolute atomic E-state index is 0.0543. The molecule has 0 spiro atoms. The molecule has 0 radical (unpaired) electrons. The monoisotopic (exact) mass is 508 g/mol. The van der Waals surface area contributed by atoms with E-state index in [1.807, 2.05) is 39.2 Å². The largest absolute Gasteiger partial charge is 0.392 e. The number of aromatic amines is 1. The van der Waals surface area contributed by atoms with E-state index in [1.54, 1.807) is 0 Å². The number of hydrogen-bond donors (Lipinski definition) is 3. The summed E-state index contributed by atoms with van der Waals surface area (Å²) < 4.78 is 5.37. The normalized spacial score (nSPS) is 18.2. The van der Waals surface area contributed by atoms with Crippen LogP contribution in [0.5, 0.6) is 0 Å². The quantitative estimate of drug-likeness (QED) is 0.288. The standard InChI is InChI=1S/C30H32N6O2/c1-18-13-32-30(33-23-12-24(37)17-36(16-23)15-21-7-5-4-6-8-21)34-29(18)26-14-31-27-11-22(9-10-25(26)27)28-19(2)35-38-20(28)3/h4-11,13-14,23-24,31,37H,12,15-17H2,1-3H3,(H,32,33,34)/t23-,24+/m0/s1. The lowest BCUT2D eigenvalue weighted by atomic mass is 10.0. The van der Waals surface area contributed by atoms with Gasteiger partial charge in [0, 0.05) is 60.1 Å². The fraction of sp³-hybridized carbons (Fsp3) is 0.300. The minimum Gasteiger partial charge on any atom is -0.392 e. The molecule has 194 valence electrons. The van der Waals surface area contributed by atoms with Crippen molar-refractivity contribution in [2.45, 2.75) is 45.9 Å². The molecular formula is C30H32N6O2. The predicted octanol–water partition coefficient (Wildman–Crippen LogP) is 5.25. The van der Waals surface area contributed by atoms with Crippen molar-refractivity contribution in [1.29, 1.82) is 0 Å². The molecule has 1 aliphatic heterocycles. The molecule has 1 fully saturated rings. The lowest BCUT2D eigenvalue weighted by Gasteiger charge is -2.36. The van der Waals surface area contributed by atoms with Gasteiger partial charge in [0.25, 0.3) is 0 Å². The van der Waals surface area contributed by atoms with E-state index in [1.165, 1.54) is 5.56 Å². The Morgan fingerprint density at radius 1 is 1.11 bits per heavy atom. The fourth-order valence-electron chi connectivity index (χ4n) is 5.58. The number of nitrogens with zero attached hydrogens (tertiary/aromatic N) is 4. The average Bonchev–Trinajstić information content (AvgIpc) is 3.47. The lowest BCUT2D eigenvalue weighted by Crippen LogP contribution is -2.48. The second-order valence-corrected chi connectivity index (χ2v) is 10.3. The van der Waals surface area contributed by atoms with Crippen LogP contribution in [0, 0.1) is 20.8 Å². The molecule has 2 aromatic carbocycles. The molecule has 3 aromatic heterocycles. The number of fused-ring (bicyclic) bond motifs is 1. The van der Waals surface area contributed by atoms with Crippen molar-refractivity contribution in [3.05, 3.63) is 83.5 Å². The second kappa shape index (κ2) is 10.0. The van der Waals surface area contributed by atoms with Crippen LogP contribution < -0.4 is 5.32 Å². The number of β-amino-alcohol motifs (C(OH)–C–C–N with tert-alkyl or cyclic N) is 1. The average molecular weight is 509 g/mol. The number of aromatic nitrogens is 4. The van der Waals surface area contributed by atoms with E-state index in [4.69, 9.17) is 9.51 Å². The molecule has 5 aromatic rings. The van der Waals surface area contributed by atoms with Gasteiger partial charge in [0.05, 0.1) is 17.5 Å². The van der Waals surface area contributed by atoms with Crippen LogP contribution in [0.25, 0.3) is 33.3 Å². The summed E-state index contributed by atoms with van der Waals surface area (Å²) in [6.45, 7) is 8.21. The highest BCUT2D eigenvalue weighted by Gasteiger charge is 2.27. The number of piperidine rings is 1. The van der Waals surface area contributed by atoms with Gasteiger partial charge in [-0.1, -0.05) is 47.6 Å². The SMILES string of the molecule is Cc1cnc(N[C@H]2C[C@@H](O)CN(Cc3ccccc3)C2)nc1-c1c[nH]c2cc(-c3c(C)noc3C)ccc12. The third kappa shape index (κ3) is 4.80. The number of aryl methyl sites for hydroxylation is 3. The van der Waals surface area contributed by atoms with E-state index >= 15 is 0 Å². The topological polar surface area (TPSA) is 103 Å². The zero-order valence-electron chi connectivity index (χ0n) is 21.9. The van der Waals surface area contributed by atoms with Crippen molar-refractivity contribution < 1.29 is 9.63 Å². The summed E-state index contributed by atoms with van der Waals surface area (Å²) in [5, 5.41) is 19.2. The summed E-state index contributed by atoms with van der Waals surface area (Å²) in [6, 6.07) is 16.8. The number of aliphatic hydroxyl groups is 1. The number of hydrogen-bond acceptors (Lipinski definition) is 7. The molecule has 4 heterocycles. The molecule has 1 saturated heterocycles. The first-order chi connectivity index (χ1) is 18.4. The summed E-state index contributed by atoms with van der Waals surface area (Å²) in [5.74, 6) is 1.39. The van der Waals surface area contributed by atoms with Gasteiger partial charge in [0.15, 0.2) is 0 Å². The van der Waals surface area contributed by atoms with Crippen LogP contribution in [0.15, 0.2) is 65.4 Å². The Kier molecular flexibility index (Phi) is 6.43. The van der Waals surface area contributed by atoms with Gasteiger partial charge in [-0.3, -0.25) is 4.90 Å². The van der Waals surface area contributed by atoms with Gasteiger partial charge in [-0.05, 0) is 49.9 Å². The number of nitrogens with one attached hydrogen (secondary N) is 2. The van der Waals surface area contributed by atoms with Gasteiger partial charge in [-0.2, -0.15) is 0 Å². The highest BCUT2D eigenvalue weighted by Crippen LogP contribution is 2.34. The van der Waals surface area contributed by atoms with Crippen molar-refractivity contribution in [3.63, 3.8) is 0 Å². The predicted molar refractivity (Wildman–Crippen MR) is 149 cm³/mol. The van der Waals surface area contributed by atoms with Gasteiger partial charge in [0.2, 0.25) is 5.95 Å². The van der Waals surface area contributed by atoms with Gasteiger partial charge < -0.3 is 19.9 Å². The minimum atomic E-state index is -0.393. The maximum atomic E-state index is 10.6. The van der Waals surface area contributed by atoms with Crippen LogP contribution in [-0.2, 0) is 6.54 Å². The van der Waals surface area contributed by atoms with Gasteiger partial charge in [0.1, 0.15) is 5.76 Å². The van der Waals surface area contributed by atoms with E-state index < -0.39 is 6.10 Å². The molecule has 1 aliphatic rings. The van der Waals surface area contributed by atoms with Gasteiger partial charge in [-0.25, -0.2) is 9.97 Å². The van der Waals surface area contributed by atoms with E-state index in [9.17, 15) is 5.11 Å². The summed E-state index contributed by atoms with van der Waals surface area (Å²) in [7, 11) is 0. The smallest absolute Gasteiger partial charge is 0.223 e. The summed E-state index contributed by atoms with van der Waals surface area (Å²) in [6.07, 6.45) is 4.14. The van der Waals surface area contributed by atoms with Crippen LogP contribution in [0.4, 0.5) is 5.95 Å². The Bertz CT molecular complexity index is 1560. The number of aliphatic hydroxyl groups excluding tert-OH is 1. The van der Waals surface area contributed by atoms with Crippen LogP contribution in [-0.4, -0.2) is 55.4 Å². The van der Waals surface area contributed by atoms with E-state index in [2.05, 4.69) is 67.8 Å². The van der Waals surface area contributed by atoms with Crippen molar-refractivity contribution in [2.24, 2.45) is 0 Å².